The Hall–Kier alpha value is -1.26. The lowest BCUT2D eigenvalue weighted by Crippen LogP contribution is -2.41. The maximum absolute atomic E-state index is 12.0. The molecule has 2 fully saturated rings. The molecule has 2 saturated heterocycles. The van der Waals surface area contributed by atoms with Crippen LogP contribution in [0.25, 0.3) is 0 Å². The first kappa shape index (κ1) is 13.2. The number of carbonyl (C=O) groups is 2. The molecule has 2 aliphatic rings. The zero-order valence-corrected chi connectivity index (χ0v) is 11.2. The summed E-state index contributed by atoms with van der Waals surface area (Å²) in [4.78, 5) is 27.4. The van der Waals surface area contributed by atoms with Crippen LogP contribution in [0.4, 0.5) is 4.79 Å². The third kappa shape index (κ3) is 2.94. The van der Waals surface area contributed by atoms with Gasteiger partial charge < -0.3 is 15.1 Å². The smallest absolute Gasteiger partial charge is 0.317 e. The van der Waals surface area contributed by atoms with Crippen molar-refractivity contribution in [1.29, 1.82) is 0 Å². The lowest BCUT2D eigenvalue weighted by molar-refractivity contribution is -0.130. The molecule has 0 saturated carbocycles. The second-order valence-corrected chi connectivity index (χ2v) is 5.17. The predicted octanol–water partition coefficient (Wildman–Crippen LogP) is 1.19. The van der Waals surface area contributed by atoms with E-state index in [0.29, 0.717) is 6.42 Å². The number of urea groups is 1. The topological polar surface area (TPSA) is 52.7 Å². The first-order valence-electron chi connectivity index (χ1n) is 6.98. The van der Waals surface area contributed by atoms with E-state index in [4.69, 9.17) is 0 Å². The molecule has 102 valence electrons. The van der Waals surface area contributed by atoms with E-state index in [1.54, 1.807) is 7.05 Å². The van der Waals surface area contributed by atoms with Gasteiger partial charge in [-0.15, -0.1) is 0 Å². The molecule has 1 unspecified atom stereocenters. The van der Waals surface area contributed by atoms with E-state index < -0.39 is 0 Å². The first-order chi connectivity index (χ1) is 8.72. The van der Waals surface area contributed by atoms with Crippen LogP contribution < -0.4 is 5.32 Å². The number of nitrogens with zero attached hydrogens (tertiary/aromatic N) is 2. The van der Waals surface area contributed by atoms with Crippen molar-refractivity contribution in [2.24, 2.45) is 0 Å². The number of nitrogens with one attached hydrogen (secondary N) is 1. The summed E-state index contributed by atoms with van der Waals surface area (Å²) in [5.41, 5.74) is 0. The minimum absolute atomic E-state index is 0.00822. The summed E-state index contributed by atoms with van der Waals surface area (Å²) >= 11 is 0. The summed E-state index contributed by atoms with van der Waals surface area (Å²) in [6.07, 6.45) is 5.75. The van der Waals surface area contributed by atoms with Crippen molar-refractivity contribution in [2.75, 3.05) is 26.7 Å². The van der Waals surface area contributed by atoms with Gasteiger partial charge in [-0.2, -0.15) is 0 Å². The number of hydrogen-bond acceptors (Lipinski definition) is 2. The molecule has 0 aromatic heterocycles. The molecular formula is C13H23N3O2. The normalized spacial score (nSPS) is 23.5. The van der Waals surface area contributed by atoms with Crippen molar-refractivity contribution in [3.63, 3.8) is 0 Å². The Kier molecular flexibility index (Phi) is 4.44. The molecular weight excluding hydrogens is 230 g/mol. The number of carbonyl (C=O) groups excluding carboxylic acids is 2. The number of hydrogen-bond donors (Lipinski definition) is 1. The maximum Gasteiger partial charge on any atom is 0.317 e. The third-order valence-electron chi connectivity index (χ3n) is 4.00. The van der Waals surface area contributed by atoms with Gasteiger partial charge >= 0.3 is 6.03 Å². The number of likely N-dealkylation sites (tertiary alicyclic amines) is 2. The second-order valence-electron chi connectivity index (χ2n) is 5.17. The van der Waals surface area contributed by atoms with E-state index in [1.807, 2.05) is 9.80 Å². The summed E-state index contributed by atoms with van der Waals surface area (Å²) in [6, 6.07) is 0.239. The summed E-state index contributed by atoms with van der Waals surface area (Å²) < 4.78 is 0. The molecule has 0 radical (unpaired) electrons. The van der Waals surface area contributed by atoms with Crippen molar-refractivity contribution in [1.82, 2.24) is 15.1 Å². The highest BCUT2D eigenvalue weighted by atomic mass is 16.2. The Balaban J connectivity index is 1.78. The van der Waals surface area contributed by atoms with E-state index >= 15 is 0 Å². The molecule has 3 amide bonds. The number of amides is 3. The standard InChI is InChI=1S/C13H23N3O2/c1-14-13(18)16-10-4-5-11(16)6-7-12(17)15-8-2-3-9-15/h11H,2-10H2,1H3,(H,14,18). The Morgan fingerprint density at radius 1 is 1.17 bits per heavy atom. The molecule has 0 spiro atoms. The van der Waals surface area contributed by atoms with Crippen LogP contribution in [0.1, 0.15) is 38.5 Å². The van der Waals surface area contributed by atoms with E-state index in [0.717, 1.165) is 51.7 Å². The molecule has 1 N–H and O–H groups in total. The van der Waals surface area contributed by atoms with Gasteiger partial charge in [0.05, 0.1) is 0 Å². The van der Waals surface area contributed by atoms with Gasteiger partial charge in [0.15, 0.2) is 0 Å². The molecule has 0 aromatic rings. The van der Waals surface area contributed by atoms with Gasteiger partial charge in [-0.05, 0) is 32.1 Å². The molecule has 18 heavy (non-hydrogen) atoms. The summed E-state index contributed by atoms with van der Waals surface area (Å²) in [6.45, 7) is 2.66. The van der Waals surface area contributed by atoms with Gasteiger partial charge in [0.2, 0.25) is 5.91 Å². The van der Waals surface area contributed by atoms with Crippen molar-refractivity contribution >= 4 is 11.9 Å². The van der Waals surface area contributed by atoms with Crippen molar-refractivity contribution < 1.29 is 9.59 Å². The fraction of sp³-hybridized carbons (Fsp3) is 0.846. The highest BCUT2D eigenvalue weighted by Gasteiger charge is 2.29. The van der Waals surface area contributed by atoms with Crippen molar-refractivity contribution in [2.45, 2.75) is 44.6 Å². The SMILES string of the molecule is CNC(=O)N1CCCC1CCC(=O)N1CCCC1. The van der Waals surface area contributed by atoms with Crippen LogP contribution in [-0.4, -0.2) is 54.5 Å². The summed E-state index contributed by atoms with van der Waals surface area (Å²) in [5.74, 6) is 0.260. The highest BCUT2D eigenvalue weighted by Crippen LogP contribution is 2.22. The summed E-state index contributed by atoms with van der Waals surface area (Å²) in [5, 5.41) is 2.67. The molecule has 0 bridgehead atoms. The molecule has 1 atom stereocenters. The zero-order chi connectivity index (χ0) is 13.0. The van der Waals surface area contributed by atoms with E-state index in [1.165, 1.54) is 0 Å². The Labute approximate surface area is 108 Å². The van der Waals surface area contributed by atoms with Crippen LogP contribution in [0.15, 0.2) is 0 Å². The molecule has 2 aliphatic heterocycles. The molecule has 0 aromatic carbocycles. The van der Waals surface area contributed by atoms with Gasteiger partial charge in [0.25, 0.3) is 0 Å². The lowest BCUT2D eigenvalue weighted by Gasteiger charge is -2.24. The van der Waals surface area contributed by atoms with E-state index in [9.17, 15) is 9.59 Å². The molecule has 2 heterocycles. The maximum atomic E-state index is 12.0. The fourth-order valence-electron chi connectivity index (χ4n) is 2.96. The fourth-order valence-corrected chi connectivity index (χ4v) is 2.96. The van der Waals surface area contributed by atoms with E-state index in [2.05, 4.69) is 5.32 Å². The average molecular weight is 253 g/mol. The average Bonchev–Trinajstić information content (AvgIpc) is 3.05. The molecule has 2 rings (SSSR count). The van der Waals surface area contributed by atoms with Crippen LogP contribution in [-0.2, 0) is 4.79 Å². The van der Waals surface area contributed by atoms with Crippen LogP contribution >= 0.6 is 0 Å². The second kappa shape index (κ2) is 6.07. The van der Waals surface area contributed by atoms with Gasteiger partial charge in [-0.1, -0.05) is 0 Å². The largest absolute Gasteiger partial charge is 0.343 e. The quantitative estimate of drug-likeness (QED) is 0.821. The Morgan fingerprint density at radius 2 is 1.89 bits per heavy atom. The van der Waals surface area contributed by atoms with Gasteiger partial charge in [0, 0.05) is 39.1 Å². The predicted molar refractivity (Wildman–Crippen MR) is 69.2 cm³/mol. The Morgan fingerprint density at radius 3 is 2.56 bits per heavy atom. The summed E-state index contributed by atoms with van der Waals surface area (Å²) in [7, 11) is 1.66. The van der Waals surface area contributed by atoms with Gasteiger partial charge in [-0.25, -0.2) is 4.79 Å². The van der Waals surface area contributed by atoms with Gasteiger partial charge in [-0.3, -0.25) is 4.79 Å². The molecule has 0 aliphatic carbocycles. The van der Waals surface area contributed by atoms with Crippen LogP contribution in [0.5, 0.6) is 0 Å². The monoisotopic (exact) mass is 253 g/mol. The first-order valence-corrected chi connectivity index (χ1v) is 6.98. The van der Waals surface area contributed by atoms with Crippen LogP contribution in [0, 0.1) is 0 Å². The van der Waals surface area contributed by atoms with Crippen LogP contribution in [0.2, 0.25) is 0 Å². The minimum Gasteiger partial charge on any atom is -0.343 e. The number of rotatable bonds is 3. The van der Waals surface area contributed by atoms with E-state index in [-0.39, 0.29) is 18.0 Å². The molecule has 5 heteroatoms. The van der Waals surface area contributed by atoms with Crippen molar-refractivity contribution in [3.05, 3.63) is 0 Å². The zero-order valence-electron chi connectivity index (χ0n) is 11.2. The highest BCUT2D eigenvalue weighted by molar-refractivity contribution is 5.77. The lowest BCUT2D eigenvalue weighted by atomic mass is 10.1. The third-order valence-corrected chi connectivity index (χ3v) is 4.00. The Bertz CT molecular complexity index is 313. The van der Waals surface area contributed by atoms with Gasteiger partial charge in [0.1, 0.15) is 0 Å². The minimum atomic E-state index is -0.00822. The van der Waals surface area contributed by atoms with Crippen molar-refractivity contribution in [3.8, 4) is 0 Å². The molecule has 5 nitrogen and oxygen atoms in total. The van der Waals surface area contributed by atoms with Crippen LogP contribution in [0.3, 0.4) is 0 Å².